The average molecular weight is 1150 g/mol. The fourth-order valence-electron chi connectivity index (χ4n) is 9.97. The second-order valence-corrected chi connectivity index (χ2v) is 23.4. The van der Waals surface area contributed by atoms with Crippen LogP contribution in [0.25, 0.3) is 0 Å². The lowest BCUT2D eigenvalue weighted by Crippen LogP contribution is -2.30. The predicted octanol–water partition coefficient (Wildman–Crippen LogP) is 24.6. The van der Waals surface area contributed by atoms with Gasteiger partial charge in [-0.05, 0) is 103 Å². The van der Waals surface area contributed by atoms with Crippen LogP contribution < -0.4 is 0 Å². The molecule has 0 radical (unpaired) electrons. The van der Waals surface area contributed by atoms with Crippen LogP contribution in [-0.2, 0) is 28.6 Å². The summed E-state index contributed by atoms with van der Waals surface area (Å²) in [5, 5.41) is 0. The van der Waals surface area contributed by atoms with Crippen molar-refractivity contribution in [1.82, 2.24) is 0 Å². The quantitative estimate of drug-likeness (QED) is 0.0261. The van der Waals surface area contributed by atoms with Gasteiger partial charge in [0.1, 0.15) is 13.2 Å². The minimum atomic E-state index is -0.804. The van der Waals surface area contributed by atoms with Crippen LogP contribution in [0.5, 0.6) is 0 Å². The molecule has 0 fully saturated rings. The number of allylic oxidation sites excluding steroid dienone is 18. The van der Waals surface area contributed by atoms with Crippen molar-refractivity contribution in [2.45, 2.75) is 348 Å². The summed E-state index contributed by atoms with van der Waals surface area (Å²) in [7, 11) is 0. The lowest BCUT2D eigenvalue weighted by atomic mass is 10.0. The lowest BCUT2D eigenvalue weighted by Gasteiger charge is -2.18. The highest BCUT2D eigenvalue weighted by Crippen LogP contribution is 2.18. The molecule has 83 heavy (non-hydrogen) atoms. The maximum absolute atomic E-state index is 12.9. The van der Waals surface area contributed by atoms with E-state index < -0.39 is 6.10 Å². The van der Waals surface area contributed by atoms with Crippen LogP contribution in [-0.4, -0.2) is 37.2 Å². The van der Waals surface area contributed by atoms with Crippen molar-refractivity contribution in [3.05, 3.63) is 109 Å². The molecule has 1 atom stereocenters. The molecule has 6 nitrogen and oxygen atoms in total. The fourth-order valence-corrected chi connectivity index (χ4v) is 9.97. The first-order chi connectivity index (χ1) is 41.0. The van der Waals surface area contributed by atoms with Gasteiger partial charge in [0.05, 0.1) is 0 Å². The van der Waals surface area contributed by atoms with Crippen LogP contribution in [0.4, 0.5) is 0 Å². The van der Waals surface area contributed by atoms with Crippen molar-refractivity contribution in [2.24, 2.45) is 0 Å². The highest BCUT2D eigenvalue weighted by molar-refractivity contribution is 5.71. The number of unbranched alkanes of at least 4 members (excludes halogenated alkanes) is 35. The molecular weight excluding hydrogens is 1020 g/mol. The van der Waals surface area contributed by atoms with Gasteiger partial charge in [-0.3, -0.25) is 14.4 Å². The van der Waals surface area contributed by atoms with Crippen molar-refractivity contribution in [3.63, 3.8) is 0 Å². The highest BCUT2D eigenvalue weighted by atomic mass is 16.6. The Morgan fingerprint density at radius 1 is 0.253 bits per heavy atom. The Balaban J connectivity index is 4.36. The molecule has 0 saturated carbocycles. The van der Waals surface area contributed by atoms with E-state index in [9.17, 15) is 14.4 Å². The van der Waals surface area contributed by atoms with Crippen molar-refractivity contribution < 1.29 is 28.6 Å². The normalized spacial score (nSPS) is 12.8. The van der Waals surface area contributed by atoms with Crippen molar-refractivity contribution >= 4 is 17.9 Å². The minimum Gasteiger partial charge on any atom is -0.462 e. The van der Waals surface area contributed by atoms with Gasteiger partial charge < -0.3 is 14.2 Å². The highest BCUT2D eigenvalue weighted by Gasteiger charge is 2.19. The van der Waals surface area contributed by atoms with E-state index in [0.29, 0.717) is 12.8 Å². The molecule has 6 heteroatoms. The Morgan fingerprint density at radius 2 is 0.482 bits per heavy atom. The van der Waals surface area contributed by atoms with Crippen molar-refractivity contribution in [1.29, 1.82) is 0 Å². The summed E-state index contributed by atoms with van der Waals surface area (Å²) in [5.41, 5.74) is 0. The monoisotopic (exact) mass is 1150 g/mol. The van der Waals surface area contributed by atoms with Gasteiger partial charge in [-0.1, -0.05) is 329 Å². The third kappa shape index (κ3) is 68.7. The number of rotatable bonds is 64. The molecule has 0 spiro atoms. The van der Waals surface area contributed by atoms with E-state index in [1.54, 1.807) is 0 Å². The van der Waals surface area contributed by atoms with Gasteiger partial charge in [-0.2, -0.15) is 0 Å². The Labute approximate surface area is 514 Å². The number of carbonyl (C=O) groups is 3. The van der Waals surface area contributed by atoms with Crippen LogP contribution in [0.2, 0.25) is 0 Å². The van der Waals surface area contributed by atoms with Crippen molar-refractivity contribution in [3.8, 4) is 0 Å². The Kier molecular flexibility index (Phi) is 67.2. The topological polar surface area (TPSA) is 78.9 Å². The van der Waals surface area contributed by atoms with Gasteiger partial charge in [0, 0.05) is 19.3 Å². The molecule has 0 aliphatic carbocycles. The van der Waals surface area contributed by atoms with E-state index in [1.165, 1.54) is 167 Å². The van der Waals surface area contributed by atoms with Crippen LogP contribution in [0, 0.1) is 0 Å². The third-order valence-electron chi connectivity index (χ3n) is 15.3. The molecule has 0 saturated heterocycles. The molecule has 0 aromatic rings. The molecule has 0 aliphatic heterocycles. The fraction of sp³-hybridized carbons (Fsp3) is 0.727. The van der Waals surface area contributed by atoms with E-state index in [2.05, 4.69) is 130 Å². The lowest BCUT2D eigenvalue weighted by molar-refractivity contribution is -0.167. The number of carbonyl (C=O) groups excluding carboxylic acids is 3. The van der Waals surface area contributed by atoms with E-state index >= 15 is 0 Å². The molecule has 0 amide bonds. The Hall–Kier alpha value is -3.93. The second-order valence-electron chi connectivity index (χ2n) is 23.4. The minimum absolute atomic E-state index is 0.0948. The maximum Gasteiger partial charge on any atom is 0.306 e. The summed E-state index contributed by atoms with van der Waals surface area (Å²) in [6.07, 6.45) is 96.9. The predicted molar refractivity (Wildman–Crippen MR) is 362 cm³/mol. The van der Waals surface area contributed by atoms with E-state index in [4.69, 9.17) is 14.2 Å². The summed E-state index contributed by atoms with van der Waals surface area (Å²) < 4.78 is 16.9. The van der Waals surface area contributed by atoms with Crippen LogP contribution >= 0.6 is 0 Å². The number of hydrogen-bond acceptors (Lipinski definition) is 6. The van der Waals surface area contributed by atoms with Gasteiger partial charge in [0.15, 0.2) is 6.10 Å². The van der Waals surface area contributed by atoms with Crippen LogP contribution in [0.15, 0.2) is 109 Å². The Bertz CT molecular complexity index is 1660. The smallest absolute Gasteiger partial charge is 0.306 e. The molecule has 1 unspecified atom stereocenters. The van der Waals surface area contributed by atoms with Gasteiger partial charge in [0.2, 0.25) is 0 Å². The molecule has 0 bridgehead atoms. The Morgan fingerprint density at radius 3 is 0.783 bits per heavy atom. The molecule has 0 aromatic carbocycles. The summed E-state index contributed by atoms with van der Waals surface area (Å²) in [6.45, 7) is 6.49. The zero-order valence-corrected chi connectivity index (χ0v) is 54.7. The molecular formula is C77H132O6. The number of esters is 3. The third-order valence-corrected chi connectivity index (χ3v) is 15.3. The molecule has 0 rings (SSSR count). The van der Waals surface area contributed by atoms with Gasteiger partial charge >= 0.3 is 17.9 Å². The first-order valence-electron chi connectivity index (χ1n) is 35.4. The zero-order chi connectivity index (χ0) is 59.9. The summed E-state index contributed by atoms with van der Waals surface area (Å²) in [6, 6.07) is 0. The van der Waals surface area contributed by atoms with Gasteiger partial charge in [-0.25, -0.2) is 0 Å². The molecule has 476 valence electrons. The average Bonchev–Trinajstić information content (AvgIpc) is 3.49. The van der Waals surface area contributed by atoms with Gasteiger partial charge in [-0.15, -0.1) is 0 Å². The van der Waals surface area contributed by atoms with Crippen LogP contribution in [0.1, 0.15) is 342 Å². The summed E-state index contributed by atoms with van der Waals surface area (Å²) >= 11 is 0. The molecule has 0 aromatic heterocycles. The summed E-state index contributed by atoms with van der Waals surface area (Å²) in [4.78, 5) is 38.4. The van der Waals surface area contributed by atoms with Gasteiger partial charge in [0.25, 0.3) is 0 Å². The van der Waals surface area contributed by atoms with Crippen molar-refractivity contribution in [2.75, 3.05) is 13.2 Å². The molecule has 0 aliphatic rings. The number of hydrogen-bond donors (Lipinski definition) is 0. The maximum atomic E-state index is 12.9. The number of ether oxygens (including phenoxy) is 3. The first kappa shape index (κ1) is 79.1. The first-order valence-corrected chi connectivity index (χ1v) is 35.4. The zero-order valence-electron chi connectivity index (χ0n) is 54.7. The van der Waals surface area contributed by atoms with E-state index in [-0.39, 0.29) is 37.5 Å². The molecule has 0 heterocycles. The SMILES string of the molecule is CC/C=C\C/C=C\C/C=C\C/C=C\C/C=C\C/C=C\C/C=C\CCCCCC(=O)OC(COC(=O)CCCCCCC/C=C\C/C=C\CCCC)COC(=O)CCCCCCCCCCCCCCCCCCCCCCCCCCCC. The summed E-state index contributed by atoms with van der Waals surface area (Å²) in [5.74, 6) is -0.930. The molecule has 0 N–H and O–H groups in total. The van der Waals surface area contributed by atoms with Crippen LogP contribution in [0.3, 0.4) is 0 Å². The standard InChI is InChI=1S/C77H132O6/c1-4-7-10-13-16-19-22-25-28-30-32-34-36-38-40-41-43-45-47-49-52-55-58-61-64-67-70-76(79)82-73-74(72-81-75(78)69-66-63-60-57-54-51-27-24-21-18-15-12-9-6-3)83-77(80)71-68-65-62-59-56-53-50-48-46-44-42-39-37-35-33-31-29-26-23-20-17-14-11-8-5-2/h8,11,15,17-18,20,24,26-27,29,33,35,39,42,46,48,53,56,74H,4-7,9-10,12-14,16,19,21-23,25,28,30-32,34,36-38,40-41,43-45,47,49-52,54-55,57-73H2,1-3H3/b11-8-,18-15-,20-17-,27-24-,29-26-,35-33-,42-39-,48-46-,56-53-. The van der Waals surface area contributed by atoms with E-state index in [0.717, 1.165) is 135 Å². The second kappa shape index (κ2) is 70.6. The van der Waals surface area contributed by atoms with E-state index in [1.807, 2.05) is 0 Å². The largest absolute Gasteiger partial charge is 0.462 e.